The Morgan fingerprint density at radius 1 is 1.19 bits per heavy atom. The fraction of sp³-hybridized carbons (Fsp3) is 0.538. The van der Waals surface area contributed by atoms with Crippen LogP contribution in [0.25, 0.3) is 0 Å². The predicted molar refractivity (Wildman–Crippen MR) is 187 cm³/mol. The number of ether oxygens (including phenoxy) is 2. The lowest BCUT2D eigenvalue weighted by molar-refractivity contribution is -0.144. The first-order valence-corrected chi connectivity index (χ1v) is 17.9. The van der Waals surface area contributed by atoms with Crippen molar-refractivity contribution in [1.29, 1.82) is 0 Å². The van der Waals surface area contributed by atoms with Crippen molar-refractivity contribution in [3.63, 3.8) is 0 Å². The van der Waals surface area contributed by atoms with Gasteiger partial charge in [0.2, 0.25) is 0 Å². The van der Waals surface area contributed by atoms with Crippen LogP contribution in [0, 0.1) is 11.8 Å². The maximum atomic E-state index is 13.0. The maximum Gasteiger partial charge on any atom is 0.329 e. The highest BCUT2D eigenvalue weighted by Crippen LogP contribution is 2.58. The van der Waals surface area contributed by atoms with E-state index in [1.807, 2.05) is 36.5 Å². The van der Waals surface area contributed by atoms with Gasteiger partial charge in [-0.05, 0) is 135 Å². The first kappa shape index (κ1) is 32.1. The van der Waals surface area contributed by atoms with Crippen LogP contribution in [0.15, 0.2) is 48.7 Å². The number of carboxylic acids is 1. The van der Waals surface area contributed by atoms with Crippen molar-refractivity contribution in [2.24, 2.45) is 11.8 Å². The zero-order valence-corrected chi connectivity index (χ0v) is 28.7. The molecule has 1 aromatic heterocycles. The molecule has 0 radical (unpaired) electrons. The van der Waals surface area contributed by atoms with Gasteiger partial charge in [-0.25, -0.2) is 4.79 Å². The second kappa shape index (κ2) is 12.9. The number of nitrogens with zero attached hydrogens (tertiary/aromatic N) is 2. The van der Waals surface area contributed by atoms with Gasteiger partial charge in [0.25, 0.3) is 0 Å². The molecule has 0 amide bonds. The van der Waals surface area contributed by atoms with E-state index in [0.717, 1.165) is 74.6 Å². The van der Waals surface area contributed by atoms with Gasteiger partial charge in [-0.3, -0.25) is 4.98 Å². The normalized spacial score (nSPS) is 27.2. The van der Waals surface area contributed by atoms with E-state index in [0.29, 0.717) is 42.2 Å². The summed E-state index contributed by atoms with van der Waals surface area (Å²) in [6, 6.07) is 14.1. The minimum absolute atomic E-state index is 0.106. The van der Waals surface area contributed by atoms with E-state index < -0.39 is 11.5 Å². The largest absolute Gasteiger partial charge is 0.493 e. The molecule has 7 nitrogen and oxygen atoms in total. The molecule has 250 valence electrons. The molecule has 2 heterocycles. The standard InChI is InChI=1S/C39H48ClN3O4/c1-25(24-47-34-11-16-41-32-10-4-7-26(2)36(32)34)19-28-20-27-21-35-33(43(3)17-6-18-46-35)23-31(27)38(28)12-14-39(15-13-38,37(44)45)42-30-9-5-8-29(40)22-30/h5,8-9,11,16,21-23,25-26,28,42H,4,6-7,10,12-15,17-20,24H2,1-3H3,(H,44,45)/t25-,26-,28?,38?,39?/m1/s1. The van der Waals surface area contributed by atoms with Gasteiger partial charge in [0.1, 0.15) is 17.0 Å². The highest BCUT2D eigenvalue weighted by atomic mass is 35.5. The molecule has 2 N–H and O–H groups in total. The van der Waals surface area contributed by atoms with Crippen LogP contribution in [0.2, 0.25) is 5.02 Å². The van der Waals surface area contributed by atoms with Gasteiger partial charge in [0.05, 0.1) is 18.9 Å². The SMILES string of the molecule is C[C@@H](COc1ccnc2c1[C@H](C)CCC2)CC1Cc2cc3c(cc2C12CCC(Nc1cccc(Cl)c1)(C(=O)O)CC2)N(C)CCCO3. The van der Waals surface area contributed by atoms with E-state index in [-0.39, 0.29) is 5.41 Å². The number of aromatic nitrogens is 1. The van der Waals surface area contributed by atoms with E-state index in [1.165, 1.54) is 35.2 Å². The van der Waals surface area contributed by atoms with Gasteiger partial charge >= 0.3 is 5.97 Å². The summed E-state index contributed by atoms with van der Waals surface area (Å²) in [5.41, 5.74) is 6.01. The highest BCUT2D eigenvalue weighted by Gasteiger charge is 2.54. The Kier molecular flexibility index (Phi) is 8.79. The number of halogens is 1. The third kappa shape index (κ3) is 6.05. The number of aryl methyl sites for hydroxylation is 1. The van der Waals surface area contributed by atoms with E-state index in [2.05, 4.69) is 48.2 Å². The summed E-state index contributed by atoms with van der Waals surface area (Å²) < 4.78 is 12.8. The molecule has 3 aromatic rings. The molecule has 1 spiro atoms. The van der Waals surface area contributed by atoms with Crippen molar-refractivity contribution < 1.29 is 19.4 Å². The van der Waals surface area contributed by atoms with Gasteiger partial charge in [0, 0.05) is 41.8 Å². The number of fused-ring (bicyclic) bond motifs is 4. The molecule has 1 fully saturated rings. The minimum atomic E-state index is -1.04. The van der Waals surface area contributed by atoms with E-state index in [1.54, 1.807) is 0 Å². The van der Waals surface area contributed by atoms with Gasteiger partial charge in [-0.15, -0.1) is 0 Å². The van der Waals surface area contributed by atoms with Crippen LogP contribution in [0.3, 0.4) is 0 Å². The van der Waals surface area contributed by atoms with E-state index >= 15 is 0 Å². The molecule has 1 unspecified atom stereocenters. The van der Waals surface area contributed by atoms with Crippen molar-refractivity contribution in [3.8, 4) is 11.5 Å². The van der Waals surface area contributed by atoms with Gasteiger partial charge in [-0.1, -0.05) is 31.5 Å². The van der Waals surface area contributed by atoms with Crippen molar-refractivity contribution in [1.82, 2.24) is 4.98 Å². The summed E-state index contributed by atoms with van der Waals surface area (Å²) in [5, 5.41) is 14.6. The Morgan fingerprint density at radius 2 is 2.02 bits per heavy atom. The average Bonchev–Trinajstić information content (AvgIpc) is 3.20. The molecule has 1 saturated carbocycles. The fourth-order valence-corrected chi connectivity index (χ4v) is 9.33. The molecular formula is C39H48ClN3O4. The molecule has 1 aliphatic heterocycles. The molecule has 0 saturated heterocycles. The van der Waals surface area contributed by atoms with Gasteiger partial charge < -0.3 is 24.8 Å². The van der Waals surface area contributed by atoms with Crippen LogP contribution < -0.4 is 19.7 Å². The monoisotopic (exact) mass is 657 g/mol. The van der Waals surface area contributed by atoms with Crippen molar-refractivity contribution in [3.05, 3.63) is 76.1 Å². The molecule has 0 bridgehead atoms. The van der Waals surface area contributed by atoms with E-state index in [4.69, 9.17) is 21.1 Å². The number of carbonyl (C=O) groups is 1. The molecule has 3 atom stereocenters. The van der Waals surface area contributed by atoms with Crippen LogP contribution >= 0.6 is 11.6 Å². The number of rotatable bonds is 8. The quantitative estimate of drug-likeness (QED) is 0.252. The summed E-state index contributed by atoms with van der Waals surface area (Å²) in [4.78, 5) is 19.9. The maximum absolute atomic E-state index is 13.0. The van der Waals surface area contributed by atoms with Crippen molar-refractivity contribution >= 4 is 28.9 Å². The first-order chi connectivity index (χ1) is 22.7. The number of pyridine rings is 1. The number of hydrogen-bond donors (Lipinski definition) is 2. The number of carboxylic acid groups (broad SMARTS) is 1. The number of nitrogens with one attached hydrogen (secondary N) is 1. The third-order valence-corrected chi connectivity index (χ3v) is 11.9. The van der Waals surface area contributed by atoms with Crippen LogP contribution in [0.5, 0.6) is 11.5 Å². The highest BCUT2D eigenvalue weighted by molar-refractivity contribution is 6.30. The molecule has 8 heteroatoms. The number of anilines is 2. The number of hydrogen-bond acceptors (Lipinski definition) is 6. The van der Waals surface area contributed by atoms with Crippen LogP contribution in [0.4, 0.5) is 11.4 Å². The van der Waals surface area contributed by atoms with E-state index in [9.17, 15) is 9.90 Å². The number of aliphatic carboxylic acids is 1. The third-order valence-electron chi connectivity index (χ3n) is 11.7. The molecule has 2 aromatic carbocycles. The molecule has 4 aliphatic rings. The summed E-state index contributed by atoms with van der Waals surface area (Å²) >= 11 is 6.28. The Bertz CT molecular complexity index is 1630. The van der Waals surface area contributed by atoms with Crippen molar-refractivity contribution in [2.45, 2.75) is 94.9 Å². The molecular weight excluding hydrogens is 610 g/mol. The fourth-order valence-electron chi connectivity index (χ4n) is 9.14. The smallest absolute Gasteiger partial charge is 0.329 e. The lowest BCUT2D eigenvalue weighted by Gasteiger charge is -2.47. The minimum Gasteiger partial charge on any atom is -0.493 e. The Morgan fingerprint density at radius 3 is 2.81 bits per heavy atom. The first-order valence-electron chi connectivity index (χ1n) is 17.6. The topological polar surface area (TPSA) is 83.9 Å². The Balaban J connectivity index is 1.16. The lowest BCUT2D eigenvalue weighted by Crippen LogP contribution is -2.53. The van der Waals surface area contributed by atoms with Crippen LogP contribution in [-0.4, -0.2) is 48.4 Å². The van der Waals surface area contributed by atoms with Gasteiger partial charge in [0.15, 0.2) is 0 Å². The molecule has 47 heavy (non-hydrogen) atoms. The average molecular weight is 658 g/mol. The lowest BCUT2D eigenvalue weighted by atomic mass is 9.59. The second-order valence-electron chi connectivity index (χ2n) is 14.8. The zero-order valence-electron chi connectivity index (χ0n) is 28.0. The van der Waals surface area contributed by atoms with Crippen LogP contribution in [-0.2, 0) is 23.1 Å². The van der Waals surface area contributed by atoms with Crippen LogP contribution in [0.1, 0.15) is 93.5 Å². The summed E-state index contributed by atoms with van der Waals surface area (Å²) in [5.74, 6) is 2.37. The zero-order chi connectivity index (χ0) is 32.8. The Labute approximate surface area is 284 Å². The van der Waals surface area contributed by atoms with Crippen molar-refractivity contribution in [2.75, 3.05) is 37.0 Å². The second-order valence-corrected chi connectivity index (χ2v) is 15.2. The Hall–Kier alpha value is -3.45. The predicted octanol–water partition coefficient (Wildman–Crippen LogP) is 8.42. The summed E-state index contributed by atoms with van der Waals surface area (Å²) in [6.07, 6.45) is 11.0. The number of benzene rings is 2. The summed E-state index contributed by atoms with van der Waals surface area (Å²) in [7, 11) is 2.16. The summed E-state index contributed by atoms with van der Waals surface area (Å²) in [6.45, 7) is 6.95. The molecule has 7 rings (SSSR count). The molecule has 3 aliphatic carbocycles. The van der Waals surface area contributed by atoms with Gasteiger partial charge in [-0.2, -0.15) is 0 Å².